The monoisotopic (exact) mass is 266 g/mol. The molecule has 0 aromatic heterocycles. The molecule has 0 spiro atoms. The Balaban J connectivity index is 2.30. The van der Waals surface area contributed by atoms with Gasteiger partial charge in [0.15, 0.2) is 0 Å². The zero-order valence-electron chi connectivity index (χ0n) is 12.7. The predicted octanol–water partition coefficient (Wildman–Crippen LogP) is 4.88. The molecule has 0 aliphatic heterocycles. The van der Waals surface area contributed by atoms with Gasteiger partial charge in [-0.05, 0) is 31.1 Å². The summed E-state index contributed by atoms with van der Waals surface area (Å²) < 4.78 is 5.47. The van der Waals surface area contributed by atoms with Gasteiger partial charge in [0.25, 0.3) is 0 Å². The zero-order chi connectivity index (χ0) is 14.1. The summed E-state index contributed by atoms with van der Waals surface area (Å²) in [7, 11) is 0. The van der Waals surface area contributed by atoms with Crippen LogP contribution in [-0.2, 0) is 9.53 Å². The Morgan fingerprint density at radius 2 is 1.95 bits per heavy atom. The van der Waals surface area contributed by atoms with Crippen molar-refractivity contribution in [3.05, 3.63) is 12.2 Å². The van der Waals surface area contributed by atoms with E-state index >= 15 is 0 Å². The van der Waals surface area contributed by atoms with Crippen LogP contribution in [0.1, 0.15) is 71.6 Å². The summed E-state index contributed by atoms with van der Waals surface area (Å²) in [5.74, 6) is 0.738. The van der Waals surface area contributed by atoms with Gasteiger partial charge in [-0.1, -0.05) is 59.0 Å². The second-order valence-corrected chi connectivity index (χ2v) is 5.88. The first-order valence-electron chi connectivity index (χ1n) is 8.04. The average molecular weight is 266 g/mol. The van der Waals surface area contributed by atoms with E-state index in [0.717, 1.165) is 25.7 Å². The molecule has 0 saturated heterocycles. The molecule has 0 N–H and O–H groups in total. The van der Waals surface area contributed by atoms with E-state index in [1.54, 1.807) is 0 Å². The zero-order valence-corrected chi connectivity index (χ0v) is 12.7. The van der Waals surface area contributed by atoms with E-state index in [4.69, 9.17) is 4.74 Å². The van der Waals surface area contributed by atoms with Crippen molar-refractivity contribution in [2.45, 2.75) is 71.6 Å². The third-order valence-corrected chi connectivity index (χ3v) is 4.35. The average Bonchev–Trinajstić information content (AvgIpc) is 2.47. The Kier molecular flexibility index (Phi) is 7.85. The van der Waals surface area contributed by atoms with Gasteiger partial charge in [-0.3, -0.25) is 0 Å². The summed E-state index contributed by atoms with van der Waals surface area (Å²) in [6.45, 7) is 8.91. The molecule has 1 atom stereocenters. The van der Waals surface area contributed by atoms with Crippen molar-refractivity contribution in [2.24, 2.45) is 11.8 Å². The van der Waals surface area contributed by atoms with Crippen LogP contribution in [0.2, 0.25) is 0 Å². The highest BCUT2D eigenvalue weighted by Gasteiger charge is 2.22. The molecule has 1 saturated carbocycles. The van der Waals surface area contributed by atoms with Gasteiger partial charge in [-0.2, -0.15) is 0 Å². The Hall–Kier alpha value is -0.790. The van der Waals surface area contributed by atoms with Gasteiger partial charge in [0, 0.05) is 5.57 Å². The predicted molar refractivity (Wildman–Crippen MR) is 80.0 cm³/mol. The van der Waals surface area contributed by atoms with E-state index < -0.39 is 0 Å². The molecule has 2 heteroatoms. The third kappa shape index (κ3) is 5.80. The topological polar surface area (TPSA) is 26.3 Å². The highest BCUT2D eigenvalue weighted by molar-refractivity contribution is 5.88. The van der Waals surface area contributed by atoms with Gasteiger partial charge < -0.3 is 4.74 Å². The van der Waals surface area contributed by atoms with Crippen LogP contribution in [0.4, 0.5) is 0 Å². The molecule has 19 heavy (non-hydrogen) atoms. The summed E-state index contributed by atoms with van der Waals surface area (Å²) in [5.41, 5.74) is 0.713. The van der Waals surface area contributed by atoms with Crippen LogP contribution in [0.5, 0.6) is 0 Å². The Bertz CT molecular complexity index is 277. The van der Waals surface area contributed by atoms with Crippen LogP contribution in [0.15, 0.2) is 12.2 Å². The minimum atomic E-state index is -0.151. The highest BCUT2D eigenvalue weighted by Crippen LogP contribution is 2.29. The van der Waals surface area contributed by atoms with Gasteiger partial charge in [-0.15, -0.1) is 0 Å². The van der Waals surface area contributed by atoms with Crippen LogP contribution in [0, 0.1) is 11.8 Å². The molecule has 1 fully saturated rings. The van der Waals surface area contributed by atoms with Crippen molar-refractivity contribution in [3.8, 4) is 0 Å². The van der Waals surface area contributed by atoms with E-state index in [-0.39, 0.29) is 5.97 Å². The van der Waals surface area contributed by atoms with Crippen LogP contribution < -0.4 is 0 Å². The van der Waals surface area contributed by atoms with Gasteiger partial charge in [0.1, 0.15) is 0 Å². The van der Waals surface area contributed by atoms with Crippen molar-refractivity contribution in [2.75, 3.05) is 6.61 Å². The third-order valence-electron chi connectivity index (χ3n) is 4.35. The number of unbranched alkanes of at least 4 members (excludes halogenated alkanes) is 1. The van der Waals surface area contributed by atoms with Crippen molar-refractivity contribution >= 4 is 5.97 Å². The molecule has 0 aromatic carbocycles. The molecule has 110 valence electrons. The lowest BCUT2D eigenvalue weighted by Crippen LogP contribution is -2.20. The van der Waals surface area contributed by atoms with Crippen molar-refractivity contribution in [3.63, 3.8) is 0 Å². The maximum atomic E-state index is 12.0. The maximum Gasteiger partial charge on any atom is 0.333 e. The van der Waals surface area contributed by atoms with E-state index in [9.17, 15) is 4.79 Å². The standard InChI is InChI=1S/C17H30O2/c1-4-6-10-15(5-2)13-19-17(18)14(3)16-11-8-7-9-12-16/h15-16H,3-13H2,1-2H3. The molecule has 1 unspecified atom stereocenters. The van der Waals surface area contributed by atoms with Crippen LogP contribution in [0.3, 0.4) is 0 Å². The van der Waals surface area contributed by atoms with E-state index in [2.05, 4.69) is 20.4 Å². The summed E-state index contributed by atoms with van der Waals surface area (Å²) in [5, 5.41) is 0. The highest BCUT2D eigenvalue weighted by atomic mass is 16.5. The molecule has 1 aliphatic rings. The molecular formula is C17H30O2. The molecule has 2 nitrogen and oxygen atoms in total. The number of carbonyl (C=O) groups excluding carboxylic acids is 1. The largest absolute Gasteiger partial charge is 0.462 e. The first-order valence-corrected chi connectivity index (χ1v) is 8.04. The number of ether oxygens (including phenoxy) is 1. The van der Waals surface area contributed by atoms with E-state index in [1.165, 1.54) is 32.1 Å². The molecule has 0 aromatic rings. The quantitative estimate of drug-likeness (QED) is 0.462. The molecule has 0 amide bonds. The van der Waals surface area contributed by atoms with Crippen molar-refractivity contribution < 1.29 is 9.53 Å². The molecular weight excluding hydrogens is 236 g/mol. The smallest absolute Gasteiger partial charge is 0.333 e. The lowest BCUT2D eigenvalue weighted by molar-refractivity contribution is -0.141. The maximum absolute atomic E-state index is 12.0. The summed E-state index contributed by atoms with van der Waals surface area (Å²) in [6.07, 6.45) is 10.7. The minimum absolute atomic E-state index is 0.151. The fraction of sp³-hybridized carbons (Fsp3) is 0.824. The SMILES string of the molecule is C=C(C(=O)OCC(CC)CCCC)C1CCCCC1. The molecule has 1 rings (SSSR count). The lowest BCUT2D eigenvalue weighted by Gasteiger charge is -2.23. The summed E-state index contributed by atoms with van der Waals surface area (Å²) in [6, 6.07) is 0. The first-order chi connectivity index (χ1) is 9.19. The van der Waals surface area contributed by atoms with E-state index in [0.29, 0.717) is 24.0 Å². The number of hydrogen-bond acceptors (Lipinski definition) is 2. The van der Waals surface area contributed by atoms with Gasteiger partial charge in [0.2, 0.25) is 0 Å². The minimum Gasteiger partial charge on any atom is -0.462 e. The fourth-order valence-electron chi connectivity index (χ4n) is 2.80. The van der Waals surface area contributed by atoms with Gasteiger partial charge in [0.05, 0.1) is 6.61 Å². The number of esters is 1. The Morgan fingerprint density at radius 1 is 1.26 bits per heavy atom. The lowest BCUT2D eigenvalue weighted by atomic mass is 9.84. The summed E-state index contributed by atoms with van der Waals surface area (Å²) in [4.78, 5) is 12.0. The van der Waals surface area contributed by atoms with Crippen molar-refractivity contribution in [1.29, 1.82) is 0 Å². The van der Waals surface area contributed by atoms with Crippen LogP contribution in [0.25, 0.3) is 0 Å². The van der Waals surface area contributed by atoms with E-state index in [1.807, 2.05) is 0 Å². The number of hydrogen-bond donors (Lipinski definition) is 0. The second kappa shape index (κ2) is 9.17. The second-order valence-electron chi connectivity index (χ2n) is 5.88. The Morgan fingerprint density at radius 3 is 2.53 bits per heavy atom. The normalized spacial score (nSPS) is 18.0. The fourth-order valence-corrected chi connectivity index (χ4v) is 2.80. The molecule has 0 radical (unpaired) electrons. The first kappa shape index (κ1) is 16.3. The molecule has 0 bridgehead atoms. The molecule has 0 heterocycles. The number of rotatable bonds is 8. The van der Waals surface area contributed by atoms with Crippen LogP contribution >= 0.6 is 0 Å². The van der Waals surface area contributed by atoms with Crippen molar-refractivity contribution in [1.82, 2.24) is 0 Å². The molecule has 1 aliphatic carbocycles. The number of carbonyl (C=O) groups is 1. The van der Waals surface area contributed by atoms with Gasteiger partial charge >= 0.3 is 5.97 Å². The Labute approximate surface area is 118 Å². The van der Waals surface area contributed by atoms with Gasteiger partial charge in [-0.25, -0.2) is 4.79 Å². The van der Waals surface area contributed by atoms with Crippen LogP contribution in [-0.4, -0.2) is 12.6 Å². The summed E-state index contributed by atoms with van der Waals surface area (Å²) >= 11 is 0.